The van der Waals surface area contributed by atoms with Crippen LogP contribution in [-0.4, -0.2) is 25.6 Å². The quantitative estimate of drug-likeness (QED) is 0.941. The number of imidazole rings is 1. The fraction of sp³-hybridized carbons (Fsp3) is 0.500. The molecule has 1 fully saturated rings. The lowest BCUT2D eigenvalue weighted by Gasteiger charge is -2.16. The van der Waals surface area contributed by atoms with E-state index in [1.807, 2.05) is 27.1 Å². The molecule has 0 atom stereocenters. The monoisotopic (exact) mass is 291 g/mol. The molecule has 0 spiro atoms. The number of nitrogens with zero attached hydrogens (tertiary/aromatic N) is 3. The Hall–Kier alpha value is -1.69. The minimum absolute atomic E-state index is 0.285. The van der Waals surface area contributed by atoms with Crippen molar-refractivity contribution in [3.8, 4) is 10.7 Å². The van der Waals surface area contributed by atoms with E-state index in [4.69, 9.17) is 0 Å². The van der Waals surface area contributed by atoms with Crippen LogP contribution in [-0.2, 0) is 5.41 Å². The molecular formula is C14H17N3O2S. The molecule has 1 aliphatic carbocycles. The van der Waals surface area contributed by atoms with Gasteiger partial charge in [-0.05, 0) is 12.8 Å². The summed E-state index contributed by atoms with van der Waals surface area (Å²) in [5.41, 5.74) is 1.29. The van der Waals surface area contributed by atoms with Gasteiger partial charge in [0.05, 0.1) is 23.9 Å². The van der Waals surface area contributed by atoms with Crippen LogP contribution in [0.2, 0.25) is 0 Å². The van der Waals surface area contributed by atoms with Crippen molar-refractivity contribution < 1.29 is 9.90 Å². The van der Waals surface area contributed by atoms with Crippen LogP contribution in [0.5, 0.6) is 0 Å². The number of aromatic carboxylic acids is 1. The summed E-state index contributed by atoms with van der Waals surface area (Å²) in [6, 6.07) is 0.503. The molecule has 20 heavy (non-hydrogen) atoms. The topological polar surface area (TPSA) is 68.0 Å². The van der Waals surface area contributed by atoms with Crippen molar-refractivity contribution in [1.29, 1.82) is 0 Å². The Labute approximate surface area is 121 Å². The maximum absolute atomic E-state index is 11.4. The molecule has 0 saturated heterocycles. The van der Waals surface area contributed by atoms with Crippen LogP contribution in [0.4, 0.5) is 0 Å². The molecule has 1 aliphatic rings. The molecule has 3 rings (SSSR count). The summed E-state index contributed by atoms with van der Waals surface area (Å²) in [6.45, 7) is 5.95. The molecule has 0 radical (unpaired) electrons. The van der Waals surface area contributed by atoms with Gasteiger partial charge in [0.2, 0.25) is 0 Å². The second kappa shape index (κ2) is 4.41. The summed E-state index contributed by atoms with van der Waals surface area (Å²) in [7, 11) is 0. The molecule has 2 aromatic rings. The third kappa shape index (κ3) is 2.24. The second-order valence-electron chi connectivity index (χ2n) is 6.17. The Bertz CT molecular complexity index is 662. The third-order valence-electron chi connectivity index (χ3n) is 3.36. The summed E-state index contributed by atoms with van der Waals surface area (Å²) in [5, 5.41) is 10.1. The number of aromatic nitrogens is 3. The van der Waals surface area contributed by atoms with Gasteiger partial charge in [-0.3, -0.25) is 0 Å². The zero-order valence-electron chi connectivity index (χ0n) is 11.8. The highest BCUT2D eigenvalue weighted by molar-refractivity contribution is 7.17. The van der Waals surface area contributed by atoms with Crippen LogP contribution in [0, 0.1) is 0 Å². The van der Waals surface area contributed by atoms with Gasteiger partial charge in [-0.2, -0.15) is 0 Å². The maximum Gasteiger partial charge on any atom is 0.347 e. The number of thiazole rings is 1. The van der Waals surface area contributed by atoms with Crippen molar-refractivity contribution in [3.05, 3.63) is 23.1 Å². The smallest absolute Gasteiger partial charge is 0.347 e. The van der Waals surface area contributed by atoms with Gasteiger partial charge in [0.15, 0.2) is 0 Å². The van der Waals surface area contributed by atoms with Crippen molar-refractivity contribution >= 4 is 17.3 Å². The van der Waals surface area contributed by atoms with Gasteiger partial charge < -0.3 is 9.67 Å². The Morgan fingerprint density at radius 1 is 1.45 bits per heavy atom. The SMILES string of the molecule is CC(C)(C)c1nc(-c2cncn2C2CC2)sc1C(=O)O. The van der Waals surface area contributed by atoms with Gasteiger partial charge in [-0.15, -0.1) is 11.3 Å². The van der Waals surface area contributed by atoms with Crippen LogP contribution in [0.15, 0.2) is 12.5 Å². The summed E-state index contributed by atoms with van der Waals surface area (Å²) in [5.74, 6) is -0.906. The normalized spacial score (nSPS) is 15.6. The second-order valence-corrected chi connectivity index (χ2v) is 7.17. The Kier molecular flexibility index (Phi) is 2.93. The van der Waals surface area contributed by atoms with E-state index >= 15 is 0 Å². The largest absolute Gasteiger partial charge is 0.477 e. The van der Waals surface area contributed by atoms with Gasteiger partial charge in [-0.25, -0.2) is 14.8 Å². The van der Waals surface area contributed by atoms with Crippen molar-refractivity contribution in [2.45, 2.75) is 45.1 Å². The molecule has 1 saturated carbocycles. The molecule has 2 heterocycles. The van der Waals surface area contributed by atoms with E-state index in [0.29, 0.717) is 16.6 Å². The zero-order chi connectivity index (χ0) is 14.5. The summed E-state index contributed by atoms with van der Waals surface area (Å²) >= 11 is 1.24. The molecule has 0 aromatic carbocycles. The van der Waals surface area contributed by atoms with Gasteiger partial charge in [0.25, 0.3) is 0 Å². The lowest BCUT2D eigenvalue weighted by atomic mass is 9.91. The number of carboxylic acids is 1. The minimum atomic E-state index is -0.906. The Morgan fingerprint density at radius 3 is 2.65 bits per heavy atom. The van der Waals surface area contributed by atoms with E-state index in [9.17, 15) is 9.90 Å². The van der Waals surface area contributed by atoms with E-state index in [-0.39, 0.29) is 5.41 Å². The molecule has 0 unspecified atom stereocenters. The molecule has 1 N–H and O–H groups in total. The maximum atomic E-state index is 11.4. The summed E-state index contributed by atoms with van der Waals surface area (Å²) < 4.78 is 2.11. The van der Waals surface area contributed by atoms with E-state index in [2.05, 4.69) is 14.5 Å². The lowest BCUT2D eigenvalue weighted by Crippen LogP contribution is -2.16. The highest BCUT2D eigenvalue weighted by Gasteiger charge is 2.30. The highest BCUT2D eigenvalue weighted by Crippen LogP contribution is 2.40. The number of rotatable bonds is 3. The standard InChI is InChI=1S/C14H17N3O2S/c1-14(2,3)11-10(13(18)19)20-12(16-11)9-6-15-7-17(9)8-4-5-8/h6-8H,4-5H2,1-3H3,(H,18,19). The van der Waals surface area contributed by atoms with E-state index in [1.54, 1.807) is 6.20 Å². The van der Waals surface area contributed by atoms with E-state index in [0.717, 1.165) is 23.5 Å². The fourth-order valence-corrected chi connectivity index (χ4v) is 3.33. The van der Waals surface area contributed by atoms with Gasteiger partial charge >= 0.3 is 5.97 Å². The molecular weight excluding hydrogens is 274 g/mol. The van der Waals surface area contributed by atoms with Gasteiger partial charge in [0, 0.05) is 11.5 Å². The minimum Gasteiger partial charge on any atom is -0.477 e. The first-order valence-corrected chi connectivity index (χ1v) is 7.46. The average Bonchev–Trinajstić information content (AvgIpc) is 2.92. The van der Waals surface area contributed by atoms with Crippen LogP contribution in [0.1, 0.15) is 55.0 Å². The van der Waals surface area contributed by atoms with Crippen LogP contribution in [0.3, 0.4) is 0 Å². The molecule has 0 bridgehead atoms. The number of carbonyl (C=O) groups is 1. The van der Waals surface area contributed by atoms with Crippen molar-refractivity contribution in [1.82, 2.24) is 14.5 Å². The van der Waals surface area contributed by atoms with E-state index in [1.165, 1.54) is 11.3 Å². The van der Waals surface area contributed by atoms with Gasteiger partial charge in [0.1, 0.15) is 9.88 Å². The van der Waals surface area contributed by atoms with Crippen LogP contribution < -0.4 is 0 Å². The van der Waals surface area contributed by atoms with Crippen molar-refractivity contribution in [2.75, 3.05) is 0 Å². The Balaban J connectivity index is 2.10. The Morgan fingerprint density at radius 2 is 2.15 bits per heavy atom. The molecule has 0 amide bonds. The van der Waals surface area contributed by atoms with Crippen LogP contribution >= 0.6 is 11.3 Å². The van der Waals surface area contributed by atoms with Crippen molar-refractivity contribution in [3.63, 3.8) is 0 Å². The molecule has 106 valence electrons. The third-order valence-corrected chi connectivity index (χ3v) is 4.42. The predicted molar refractivity (Wildman–Crippen MR) is 77.3 cm³/mol. The summed E-state index contributed by atoms with van der Waals surface area (Å²) in [4.78, 5) is 20.5. The zero-order valence-corrected chi connectivity index (χ0v) is 12.6. The summed E-state index contributed by atoms with van der Waals surface area (Å²) in [6.07, 6.45) is 5.90. The molecule has 0 aliphatic heterocycles. The lowest BCUT2D eigenvalue weighted by molar-refractivity contribution is 0.0699. The van der Waals surface area contributed by atoms with E-state index < -0.39 is 5.97 Å². The number of hydrogen-bond acceptors (Lipinski definition) is 4. The highest BCUT2D eigenvalue weighted by atomic mass is 32.1. The molecule has 2 aromatic heterocycles. The van der Waals surface area contributed by atoms with Gasteiger partial charge in [-0.1, -0.05) is 20.8 Å². The fourth-order valence-electron chi connectivity index (χ4n) is 2.20. The number of hydrogen-bond donors (Lipinski definition) is 1. The molecule has 5 nitrogen and oxygen atoms in total. The number of carboxylic acid groups (broad SMARTS) is 1. The first-order valence-electron chi connectivity index (χ1n) is 6.64. The predicted octanol–water partition coefficient (Wildman–Crippen LogP) is 3.34. The van der Waals surface area contributed by atoms with Crippen molar-refractivity contribution in [2.24, 2.45) is 0 Å². The van der Waals surface area contributed by atoms with Crippen LogP contribution in [0.25, 0.3) is 10.7 Å². The first kappa shape index (κ1) is 13.3. The average molecular weight is 291 g/mol. The molecule has 6 heteroatoms. The first-order chi connectivity index (χ1) is 9.38.